The van der Waals surface area contributed by atoms with Crippen molar-refractivity contribution in [2.45, 2.75) is 46.3 Å². The molecule has 0 fully saturated rings. The van der Waals surface area contributed by atoms with E-state index in [9.17, 15) is 0 Å². The van der Waals surface area contributed by atoms with Crippen LogP contribution in [0.1, 0.15) is 31.9 Å². The number of rotatable bonds is 7. The number of benzene rings is 1. The maximum atomic E-state index is 5.25. The second-order valence-corrected chi connectivity index (χ2v) is 5.58. The molecule has 1 aromatic rings. The molecule has 0 bridgehead atoms. The van der Waals surface area contributed by atoms with Gasteiger partial charge in [0.25, 0.3) is 0 Å². The molecule has 0 amide bonds. The first-order valence-electron chi connectivity index (χ1n) is 7.00. The second-order valence-electron chi connectivity index (χ2n) is 5.58. The maximum Gasteiger partial charge on any atom is 0.0663 e. The fourth-order valence-corrected chi connectivity index (χ4v) is 2.10. The summed E-state index contributed by atoms with van der Waals surface area (Å²) in [6.45, 7) is 10.3. The highest BCUT2D eigenvalue weighted by molar-refractivity contribution is 5.55. The van der Waals surface area contributed by atoms with Crippen molar-refractivity contribution in [2.75, 3.05) is 25.7 Å². The third-order valence-electron chi connectivity index (χ3n) is 3.38. The molecule has 1 aromatic carbocycles. The van der Waals surface area contributed by atoms with E-state index in [2.05, 4.69) is 63.2 Å². The smallest absolute Gasteiger partial charge is 0.0663 e. The lowest BCUT2D eigenvalue weighted by Gasteiger charge is -2.29. The van der Waals surface area contributed by atoms with E-state index in [1.54, 1.807) is 7.11 Å². The van der Waals surface area contributed by atoms with Gasteiger partial charge in [-0.1, -0.05) is 31.5 Å². The molecule has 1 atom stereocenters. The van der Waals surface area contributed by atoms with Gasteiger partial charge in [0.1, 0.15) is 0 Å². The van der Waals surface area contributed by atoms with E-state index in [0.717, 1.165) is 13.2 Å². The molecule has 0 aliphatic rings. The molecule has 3 heteroatoms. The van der Waals surface area contributed by atoms with Gasteiger partial charge in [0, 0.05) is 38.5 Å². The van der Waals surface area contributed by atoms with Crippen LogP contribution in [-0.4, -0.2) is 32.8 Å². The third kappa shape index (κ3) is 4.84. The largest absolute Gasteiger partial charge is 0.383 e. The number of anilines is 1. The molecule has 0 spiro atoms. The number of nitrogens with zero attached hydrogens (tertiary/aromatic N) is 1. The number of hydrogen-bond donors (Lipinski definition) is 1. The molecule has 0 saturated heterocycles. The summed E-state index contributed by atoms with van der Waals surface area (Å²) in [5.74, 6) is 0. The van der Waals surface area contributed by atoms with Gasteiger partial charge in [-0.2, -0.15) is 0 Å². The molecule has 0 heterocycles. The lowest BCUT2D eigenvalue weighted by atomic mass is 10.1. The zero-order chi connectivity index (χ0) is 14.4. The van der Waals surface area contributed by atoms with E-state index in [-0.39, 0.29) is 0 Å². The lowest BCUT2D eigenvalue weighted by molar-refractivity contribution is 0.183. The summed E-state index contributed by atoms with van der Waals surface area (Å²) in [6, 6.07) is 7.50. The van der Waals surface area contributed by atoms with Crippen molar-refractivity contribution >= 4 is 5.69 Å². The van der Waals surface area contributed by atoms with Crippen LogP contribution in [0, 0.1) is 6.92 Å². The highest BCUT2D eigenvalue weighted by atomic mass is 16.5. The van der Waals surface area contributed by atoms with Crippen molar-refractivity contribution in [1.29, 1.82) is 0 Å². The van der Waals surface area contributed by atoms with E-state index in [1.165, 1.54) is 16.8 Å². The van der Waals surface area contributed by atoms with Crippen LogP contribution in [0.2, 0.25) is 0 Å². The minimum atomic E-state index is 0.366. The molecule has 1 rings (SSSR count). The number of ether oxygens (including phenoxy) is 1. The Bertz CT molecular complexity index is 390. The minimum absolute atomic E-state index is 0.366. The molecule has 19 heavy (non-hydrogen) atoms. The van der Waals surface area contributed by atoms with Gasteiger partial charge in [-0.3, -0.25) is 0 Å². The van der Waals surface area contributed by atoms with Crippen molar-refractivity contribution in [1.82, 2.24) is 5.32 Å². The lowest BCUT2D eigenvalue weighted by Crippen LogP contribution is -2.34. The average molecular weight is 264 g/mol. The Hall–Kier alpha value is -1.06. The highest BCUT2D eigenvalue weighted by Gasteiger charge is 2.13. The van der Waals surface area contributed by atoms with Crippen molar-refractivity contribution in [3.05, 3.63) is 29.3 Å². The molecule has 3 nitrogen and oxygen atoms in total. The van der Waals surface area contributed by atoms with Crippen LogP contribution in [0.25, 0.3) is 0 Å². The summed E-state index contributed by atoms with van der Waals surface area (Å²) in [5, 5.41) is 3.50. The molecule has 0 aliphatic heterocycles. The molecule has 0 aliphatic carbocycles. The van der Waals surface area contributed by atoms with Gasteiger partial charge in [-0.05, 0) is 25.5 Å². The number of likely N-dealkylation sites (N-methyl/N-ethyl adjacent to an activating group) is 1. The van der Waals surface area contributed by atoms with Crippen molar-refractivity contribution in [3.63, 3.8) is 0 Å². The summed E-state index contributed by atoms with van der Waals surface area (Å²) in [6.07, 6.45) is 0. The monoisotopic (exact) mass is 264 g/mol. The quantitative estimate of drug-likeness (QED) is 0.819. The molecule has 0 aromatic heterocycles. The number of nitrogens with one attached hydrogen (secondary N) is 1. The van der Waals surface area contributed by atoms with Crippen LogP contribution in [0.15, 0.2) is 18.2 Å². The predicted octanol–water partition coefficient (Wildman–Crippen LogP) is 2.96. The SMILES string of the molecule is COCC(C)N(C)c1ccc(C)cc1CNC(C)C. The van der Waals surface area contributed by atoms with Gasteiger partial charge in [0.05, 0.1) is 6.61 Å². The van der Waals surface area contributed by atoms with Crippen LogP contribution in [0.3, 0.4) is 0 Å². The first-order chi connectivity index (χ1) is 8.95. The fourth-order valence-electron chi connectivity index (χ4n) is 2.10. The van der Waals surface area contributed by atoms with E-state index >= 15 is 0 Å². The van der Waals surface area contributed by atoms with E-state index < -0.39 is 0 Å². The minimum Gasteiger partial charge on any atom is -0.383 e. The predicted molar refractivity (Wildman–Crippen MR) is 82.9 cm³/mol. The van der Waals surface area contributed by atoms with Gasteiger partial charge in [-0.15, -0.1) is 0 Å². The van der Waals surface area contributed by atoms with Crippen LogP contribution >= 0.6 is 0 Å². The molecular weight excluding hydrogens is 236 g/mol. The van der Waals surface area contributed by atoms with Gasteiger partial charge in [0.2, 0.25) is 0 Å². The Morgan fingerprint density at radius 1 is 1.26 bits per heavy atom. The van der Waals surface area contributed by atoms with Crippen molar-refractivity contribution in [3.8, 4) is 0 Å². The Balaban J connectivity index is 2.91. The van der Waals surface area contributed by atoms with E-state index in [1.807, 2.05) is 0 Å². The Kier molecular flexibility index (Phi) is 6.32. The van der Waals surface area contributed by atoms with Crippen molar-refractivity contribution in [2.24, 2.45) is 0 Å². The molecule has 0 saturated carbocycles. The van der Waals surface area contributed by atoms with Gasteiger partial charge >= 0.3 is 0 Å². The van der Waals surface area contributed by atoms with Crippen LogP contribution in [0.4, 0.5) is 5.69 Å². The zero-order valence-corrected chi connectivity index (χ0v) is 13.2. The van der Waals surface area contributed by atoms with Crippen LogP contribution < -0.4 is 10.2 Å². The first-order valence-corrected chi connectivity index (χ1v) is 7.00. The van der Waals surface area contributed by atoms with Crippen molar-refractivity contribution < 1.29 is 4.74 Å². The van der Waals surface area contributed by atoms with Crippen LogP contribution in [-0.2, 0) is 11.3 Å². The van der Waals surface area contributed by atoms with E-state index in [0.29, 0.717) is 12.1 Å². The summed E-state index contributed by atoms with van der Waals surface area (Å²) in [5.41, 5.74) is 3.93. The molecule has 108 valence electrons. The Morgan fingerprint density at radius 3 is 2.53 bits per heavy atom. The van der Waals surface area contributed by atoms with Crippen LogP contribution in [0.5, 0.6) is 0 Å². The fraction of sp³-hybridized carbons (Fsp3) is 0.625. The standard InChI is InChI=1S/C16H28N2O/c1-12(2)17-10-15-9-13(3)7-8-16(15)18(5)14(4)11-19-6/h7-9,12,14,17H,10-11H2,1-6H3. The summed E-state index contributed by atoms with van der Waals surface area (Å²) in [4.78, 5) is 2.29. The zero-order valence-electron chi connectivity index (χ0n) is 13.2. The number of methoxy groups -OCH3 is 1. The molecule has 1 unspecified atom stereocenters. The topological polar surface area (TPSA) is 24.5 Å². The average Bonchev–Trinajstić information content (AvgIpc) is 2.36. The first kappa shape index (κ1) is 16.0. The highest BCUT2D eigenvalue weighted by Crippen LogP contribution is 2.23. The van der Waals surface area contributed by atoms with Gasteiger partial charge in [-0.25, -0.2) is 0 Å². The number of aryl methyl sites for hydroxylation is 1. The molecule has 1 N–H and O–H groups in total. The molecular formula is C16H28N2O. The summed E-state index contributed by atoms with van der Waals surface area (Å²) >= 11 is 0. The summed E-state index contributed by atoms with van der Waals surface area (Å²) in [7, 11) is 3.88. The number of hydrogen-bond acceptors (Lipinski definition) is 3. The Labute approximate surface area is 118 Å². The molecule has 0 radical (unpaired) electrons. The Morgan fingerprint density at radius 2 is 1.95 bits per heavy atom. The summed E-state index contributed by atoms with van der Waals surface area (Å²) < 4.78 is 5.25. The second kappa shape index (κ2) is 7.51. The maximum absolute atomic E-state index is 5.25. The van der Waals surface area contributed by atoms with Gasteiger partial charge in [0.15, 0.2) is 0 Å². The third-order valence-corrected chi connectivity index (χ3v) is 3.38. The van der Waals surface area contributed by atoms with Gasteiger partial charge < -0.3 is 15.0 Å². The van der Waals surface area contributed by atoms with E-state index in [4.69, 9.17) is 4.74 Å². The normalized spacial score (nSPS) is 12.8.